The predicted octanol–water partition coefficient (Wildman–Crippen LogP) is 6.50. The van der Waals surface area contributed by atoms with Crippen molar-refractivity contribution in [3.05, 3.63) is 34.3 Å². The fourth-order valence-electron chi connectivity index (χ4n) is 2.44. The summed E-state index contributed by atoms with van der Waals surface area (Å²) in [7, 11) is 0. The Bertz CT molecular complexity index is 801. The summed E-state index contributed by atoms with van der Waals surface area (Å²) in [6.45, 7) is 2.17. The molecule has 1 unspecified atom stereocenters. The number of carbonyl (C=O) groups excluding carboxylic acids is 1. The van der Waals surface area contributed by atoms with Gasteiger partial charge in [0.1, 0.15) is 10.8 Å². The summed E-state index contributed by atoms with van der Waals surface area (Å²) in [5.41, 5.74) is -0.187. The van der Waals surface area contributed by atoms with Crippen LogP contribution in [-0.4, -0.2) is 22.6 Å². The van der Waals surface area contributed by atoms with Gasteiger partial charge in [-0.25, -0.2) is 4.98 Å². The number of Topliss-reactive ketones (excluding diaryl/α,β-unsaturated/α-hetero) is 1. The zero-order chi connectivity index (χ0) is 21.6. The van der Waals surface area contributed by atoms with E-state index in [1.165, 1.54) is 6.07 Å². The average molecular weight is 427 g/mol. The van der Waals surface area contributed by atoms with E-state index in [2.05, 4.69) is 4.98 Å². The highest BCUT2D eigenvalue weighted by molar-refractivity contribution is 7.17. The molecule has 0 saturated carbocycles. The second kappa shape index (κ2) is 9.90. The largest absolute Gasteiger partial charge is 0.507 e. The van der Waals surface area contributed by atoms with Crippen LogP contribution < -0.4 is 0 Å². The van der Waals surface area contributed by atoms with Crippen LogP contribution in [0.15, 0.2) is 18.2 Å². The van der Waals surface area contributed by atoms with Crippen LogP contribution >= 0.6 is 11.3 Å². The number of aromatic hydroxyl groups is 1. The molecule has 0 aliphatic heterocycles. The van der Waals surface area contributed by atoms with E-state index in [1.807, 2.05) is 20.8 Å². The fourth-order valence-corrected chi connectivity index (χ4v) is 3.60. The number of hydrogen-bond acceptors (Lipinski definition) is 4. The second-order valence-electron chi connectivity index (χ2n) is 5.58. The number of nitrogens with zero attached hydrogens (tertiary/aromatic N) is 1. The molecular formula is C18H19F6NO2S. The zero-order valence-corrected chi connectivity index (χ0v) is 16.1. The van der Waals surface area contributed by atoms with Gasteiger partial charge in [-0.2, -0.15) is 26.3 Å². The van der Waals surface area contributed by atoms with E-state index in [-0.39, 0.29) is 17.3 Å². The minimum atomic E-state index is -4.64. The number of alkyl halides is 6. The van der Waals surface area contributed by atoms with E-state index in [0.717, 1.165) is 23.5 Å². The quantitative estimate of drug-likeness (QED) is 0.528. The Morgan fingerprint density at radius 1 is 1.21 bits per heavy atom. The Morgan fingerprint density at radius 3 is 2.32 bits per heavy atom. The van der Waals surface area contributed by atoms with Crippen molar-refractivity contribution in [3.8, 4) is 16.3 Å². The van der Waals surface area contributed by atoms with E-state index in [4.69, 9.17) is 0 Å². The van der Waals surface area contributed by atoms with Crippen LogP contribution in [-0.2, 0) is 12.6 Å². The molecule has 1 aliphatic rings. The predicted molar refractivity (Wildman–Crippen MR) is 94.5 cm³/mol. The molecule has 0 amide bonds. The molecule has 0 saturated heterocycles. The number of rotatable bonds is 1. The number of carbonyl (C=O) groups is 1. The molecule has 1 N–H and O–H groups in total. The number of fused-ring (bicyclic) bond motifs is 1. The summed E-state index contributed by atoms with van der Waals surface area (Å²) in [5, 5.41) is 9.74. The number of ketones is 1. The molecule has 1 atom stereocenters. The van der Waals surface area contributed by atoms with Gasteiger partial charge >= 0.3 is 12.9 Å². The van der Waals surface area contributed by atoms with Crippen molar-refractivity contribution in [3.63, 3.8) is 0 Å². The molecule has 0 spiro atoms. The van der Waals surface area contributed by atoms with Gasteiger partial charge in [0.25, 0.3) is 0 Å². The third-order valence-electron chi connectivity index (χ3n) is 3.73. The summed E-state index contributed by atoms with van der Waals surface area (Å²) >= 11 is 1.12. The third kappa shape index (κ3) is 5.95. The van der Waals surface area contributed by atoms with E-state index in [9.17, 15) is 36.2 Å². The van der Waals surface area contributed by atoms with E-state index < -0.39 is 24.2 Å². The highest BCUT2D eigenvalue weighted by Crippen LogP contribution is 2.40. The first-order valence-corrected chi connectivity index (χ1v) is 9.19. The van der Waals surface area contributed by atoms with Crippen molar-refractivity contribution in [2.75, 3.05) is 0 Å². The molecule has 0 fully saturated rings. The van der Waals surface area contributed by atoms with Gasteiger partial charge in [0, 0.05) is 11.5 Å². The lowest BCUT2D eigenvalue weighted by Crippen LogP contribution is -2.18. The number of halogens is 6. The molecular weight excluding hydrogens is 408 g/mol. The molecule has 2 aromatic rings. The van der Waals surface area contributed by atoms with Gasteiger partial charge < -0.3 is 5.11 Å². The van der Waals surface area contributed by atoms with Gasteiger partial charge in [0.15, 0.2) is 5.78 Å². The van der Waals surface area contributed by atoms with Crippen molar-refractivity contribution >= 4 is 17.1 Å². The van der Waals surface area contributed by atoms with Crippen LogP contribution in [0, 0.1) is 5.92 Å². The normalized spacial score (nSPS) is 15.9. The van der Waals surface area contributed by atoms with Crippen molar-refractivity contribution < 1.29 is 36.2 Å². The topological polar surface area (TPSA) is 50.2 Å². The van der Waals surface area contributed by atoms with E-state index in [1.54, 1.807) is 0 Å². The van der Waals surface area contributed by atoms with Gasteiger partial charge in [0.05, 0.1) is 16.1 Å². The number of thiazole rings is 1. The molecule has 3 rings (SSSR count). The van der Waals surface area contributed by atoms with Crippen molar-refractivity contribution in [1.82, 2.24) is 4.98 Å². The molecule has 1 aliphatic carbocycles. The maximum absolute atomic E-state index is 12.9. The minimum Gasteiger partial charge on any atom is -0.507 e. The molecule has 3 nitrogen and oxygen atoms in total. The molecule has 0 bridgehead atoms. The molecule has 10 heteroatoms. The maximum Gasteiger partial charge on any atom is 0.419 e. The van der Waals surface area contributed by atoms with Crippen LogP contribution in [0.5, 0.6) is 5.75 Å². The van der Waals surface area contributed by atoms with Crippen LogP contribution in [0.2, 0.25) is 0 Å². The van der Waals surface area contributed by atoms with Crippen molar-refractivity contribution in [2.24, 2.45) is 5.92 Å². The first-order chi connectivity index (χ1) is 13.0. The summed E-state index contributed by atoms with van der Waals surface area (Å²) in [6, 6.07) is 3.25. The molecule has 0 radical (unpaired) electrons. The Hall–Kier alpha value is -2.10. The van der Waals surface area contributed by atoms with Gasteiger partial charge in [-0.1, -0.05) is 20.8 Å². The molecule has 156 valence electrons. The van der Waals surface area contributed by atoms with Crippen molar-refractivity contribution in [2.45, 2.75) is 46.5 Å². The minimum absolute atomic E-state index is 0.000164. The number of aryl methyl sites for hydroxylation is 1. The summed E-state index contributed by atoms with van der Waals surface area (Å²) in [4.78, 5) is 16.9. The smallest absolute Gasteiger partial charge is 0.419 e. The van der Waals surface area contributed by atoms with Crippen LogP contribution in [0.3, 0.4) is 0 Å². The van der Waals surface area contributed by atoms with Crippen LogP contribution in [0.1, 0.15) is 48.1 Å². The van der Waals surface area contributed by atoms with Crippen LogP contribution in [0.25, 0.3) is 10.6 Å². The second-order valence-corrected chi connectivity index (χ2v) is 6.58. The van der Waals surface area contributed by atoms with Gasteiger partial charge in [-0.05, 0) is 31.0 Å². The Kier molecular flexibility index (Phi) is 8.47. The monoisotopic (exact) mass is 427 g/mol. The lowest BCUT2D eigenvalue weighted by Gasteiger charge is -2.14. The molecule has 1 aromatic heterocycles. The van der Waals surface area contributed by atoms with Gasteiger partial charge in [-0.15, -0.1) is 11.3 Å². The third-order valence-corrected chi connectivity index (χ3v) is 4.89. The number of phenolic OH excluding ortho intramolecular Hbond substituents is 1. The molecule has 1 heterocycles. The highest BCUT2D eigenvalue weighted by atomic mass is 32.1. The Balaban J connectivity index is 0.000000583. The molecule has 1 aromatic carbocycles. The van der Waals surface area contributed by atoms with Crippen LogP contribution in [0.4, 0.5) is 26.3 Å². The maximum atomic E-state index is 12.9. The SMILES string of the molecule is CC.CC1CCc2nc(-c3ccc(O)c(C(F)(F)F)c3)sc2C1=O.FC(F)F. The van der Waals surface area contributed by atoms with E-state index in [0.29, 0.717) is 28.4 Å². The lowest BCUT2D eigenvalue weighted by atomic mass is 9.92. The number of aromatic nitrogens is 1. The fraction of sp³-hybridized carbons (Fsp3) is 0.444. The van der Waals surface area contributed by atoms with E-state index >= 15 is 0 Å². The Morgan fingerprint density at radius 2 is 1.79 bits per heavy atom. The highest BCUT2D eigenvalue weighted by Gasteiger charge is 2.35. The first kappa shape index (κ1) is 23.9. The molecule has 28 heavy (non-hydrogen) atoms. The van der Waals surface area contributed by atoms with Gasteiger partial charge in [0.2, 0.25) is 0 Å². The Labute approximate surface area is 162 Å². The lowest BCUT2D eigenvalue weighted by molar-refractivity contribution is -0.138. The average Bonchev–Trinajstić information content (AvgIpc) is 3.04. The van der Waals surface area contributed by atoms with Gasteiger partial charge in [-0.3, -0.25) is 4.79 Å². The number of phenols is 1. The summed E-state index contributed by atoms with van der Waals surface area (Å²) in [5.74, 6) is -0.895. The summed E-state index contributed by atoms with van der Waals surface area (Å²) < 4.78 is 67.6. The number of hydrogen-bond donors (Lipinski definition) is 1. The first-order valence-electron chi connectivity index (χ1n) is 8.37. The zero-order valence-electron chi connectivity index (χ0n) is 15.3. The summed E-state index contributed by atoms with van der Waals surface area (Å²) in [6.07, 6.45) is -3.28. The van der Waals surface area contributed by atoms with Crippen molar-refractivity contribution in [1.29, 1.82) is 0 Å². The standard InChI is InChI=1S/C15H12F3NO2S.C2H6.CHF3/c1-7-2-4-10-13(12(7)21)22-14(19-10)8-3-5-11(20)9(6-8)15(16,17)18;1-2;2-1(3)4/h3,5-7,20H,2,4H2,1H3;1-2H3;1H. The number of benzene rings is 1.